The van der Waals surface area contributed by atoms with Crippen LogP contribution in [0.2, 0.25) is 0 Å². The van der Waals surface area contributed by atoms with E-state index in [1.165, 1.54) is 0 Å². The van der Waals surface area contributed by atoms with E-state index in [1.54, 1.807) is 6.92 Å². The van der Waals surface area contributed by atoms with Crippen molar-refractivity contribution in [3.63, 3.8) is 0 Å². The summed E-state index contributed by atoms with van der Waals surface area (Å²) in [6.07, 6.45) is 0.940. The van der Waals surface area contributed by atoms with Gasteiger partial charge < -0.3 is 0 Å². The molecule has 0 spiro atoms. The molecular weight excluding hydrogens is 414 g/mol. The van der Waals surface area contributed by atoms with Crippen molar-refractivity contribution in [1.82, 2.24) is 9.03 Å². The lowest BCUT2D eigenvalue weighted by molar-refractivity contribution is -0.245. The third-order valence-electron chi connectivity index (χ3n) is 3.87. The Hall–Kier alpha value is -0.600. The van der Waals surface area contributed by atoms with Crippen LogP contribution in [0.5, 0.6) is 0 Å². The predicted molar refractivity (Wildman–Crippen MR) is 81.0 cm³/mol. The third kappa shape index (κ3) is 3.83. The number of sulfonamides is 2. The third-order valence-corrected chi connectivity index (χ3v) is 7.33. The minimum Gasteiger partial charge on any atom is -0.210 e. The fourth-order valence-corrected chi connectivity index (χ4v) is 4.88. The second kappa shape index (κ2) is 7.80. The van der Waals surface area contributed by atoms with Crippen molar-refractivity contribution in [1.29, 1.82) is 0 Å². The van der Waals surface area contributed by atoms with Gasteiger partial charge >= 0.3 is 16.4 Å². The van der Waals surface area contributed by atoms with Crippen molar-refractivity contribution in [3.05, 3.63) is 0 Å². The Labute approximate surface area is 148 Å². The SMILES string of the molecule is CCCCNS(=O)(=O)C(F)(F)C(F)(F)C(F)(F)S(=O)(=O)N1CCCCC1. The number of alkyl halides is 6. The second-order valence-corrected chi connectivity index (χ2v) is 9.61. The summed E-state index contributed by atoms with van der Waals surface area (Å²) in [7, 11) is -12.5. The van der Waals surface area contributed by atoms with Crippen LogP contribution in [0.25, 0.3) is 0 Å². The first-order valence-corrected chi connectivity index (χ1v) is 10.7. The Morgan fingerprint density at radius 2 is 1.38 bits per heavy atom. The molecule has 0 unspecified atom stereocenters. The van der Waals surface area contributed by atoms with E-state index >= 15 is 0 Å². The van der Waals surface area contributed by atoms with E-state index in [-0.39, 0.29) is 23.6 Å². The van der Waals surface area contributed by atoms with Crippen molar-refractivity contribution in [3.8, 4) is 0 Å². The van der Waals surface area contributed by atoms with Gasteiger partial charge in [0, 0.05) is 19.6 Å². The molecule has 1 aliphatic rings. The molecular formula is C12H20F6N2O4S2. The maximum atomic E-state index is 14.0. The lowest BCUT2D eigenvalue weighted by Crippen LogP contribution is -2.65. The van der Waals surface area contributed by atoms with E-state index < -0.39 is 56.1 Å². The van der Waals surface area contributed by atoms with Crippen LogP contribution in [0, 0.1) is 0 Å². The maximum Gasteiger partial charge on any atom is 0.428 e. The summed E-state index contributed by atoms with van der Waals surface area (Å²) >= 11 is 0. The summed E-state index contributed by atoms with van der Waals surface area (Å²) < 4.78 is 131. The first-order valence-electron chi connectivity index (χ1n) is 7.79. The Morgan fingerprint density at radius 3 is 1.85 bits per heavy atom. The van der Waals surface area contributed by atoms with Gasteiger partial charge in [0.1, 0.15) is 0 Å². The summed E-state index contributed by atoms with van der Waals surface area (Å²) in [5.74, 6) is -6.69. The van der Waals surface area contributed by atoms with Crippen LogP contribution in [-0.2, 0) is 20.0 Å². The van der Waals surface area contributed by atoms with Gasteiger partial charge in [0.2, 0.25) is 0 Å². The van der Waals surface area contributed by atoms with Crippen molar-refractivity contribution < 1.29 is 43.2 Å². The number of unbranched alkanes of at least 4 members (excludes halogenated alkanes) is 1. The van der Waals surface area contributed by atoms with E-state index in [1.807, 2.05) is 0 Å². The van der Waals surface area contributed by atoms with Gasteiger partial charge in [0.15, 0.2) is 0 Å². The van der Waals surface area contributed by atoms with E-state index in [0.717, 1.165) is 4.72 Å². The summed E-state index contributed by atoms with van der Waals surface area (Å²) in [6.45, 7) is -0.225. The largest absolute Gasteiger partial charge is 0.428 e. The molecule has 0 aromatic carbocycles. The van der Waals surface area contributed by atoms with Gasteiger partial charge in [0.25, 0.3) is 20.0 Å². The normalized spacial score (nSPS) is 18.9. The molecule has 0 aliphatic carbocycles. The highest BCUT2D eigenvalue weighted by Gasteiger charge is 2.82. The number of hydrogen-bond donors (Lipinski definition) is 1. The van der Waals surface area contributed by atoms with Gasteiger partial charge in [-0.25, -0.2) is 21.6 Å². The lowest BCUT2D eigenvalue weighted by Gasteiger charge is -2.35. The van der Waals surface area contributed by atoms with E-state index in [2.05, 4.69) is 0 Å². The average molecular weight is 434 g/mol. The molecule has 156 valence electrons. The molecule has 1 saturated heterocycles. The zero-order valence-corrected chi connectivity index (χ0v) is 15.5. The van der Waals surface area contributed by atoms with Crippen LogP contribution in [0.1, 0.15) is 39.0 Å². The molecule has 6 nitrogen and oxygen atoms in total. The quantitative estimate of drug-likeness (QED) is 0.446. The van der Waals surface area contributed by atoms with Gasteiger partial charge in [-0.2, -0.15) is 30.6 Å². The van der Waals surface area contributed by atoms with Crippen LogP contribution < -0.4 is 4.72 Å². The molecule has 0 bridgehead atoms. The average Bonchev–Trinajstić information content (AvgIpc) is 2.55. The molecule has 0 aromatic heterocycles. The van der Waals surface area contributed by atoms with Crippen LogP contribution >= 0.6 is 0 Å². The van der Waals surface area contributed by atoms with E-state index in [9.17, 15) is 43.2 Å². The maximum absolute atomic E-state index is 14.0. The fourth-order valence-electron chi connectivity index (χ4n) is 2.24. The zero-order chi connectivity index (χ0) is 20.4. The van der Waals surface area contributed by atoms with E-state index in [0.29, 0.717) is 12.8 Å². The molecule has 14 heteroatoms. The number of piperidine rings is 1. The van der Waals surface area contributed by atoms with Crippen molar-refractivity contribution in [2.45, 2.75) is 55.5 Å². The first kappa shape index (κ1) is 23.4. The number of halogens is 6. The number of nitrogens with zero attached hydrogens (tertiary/aromatic N) is 1. The summed E-state index contributed by atoms with van der Waals surface area (Å²) in [5, 5.41) is -12.7. The smallest absolute Gasteiger partial charge is 0.210 e. The van der Waals surface area contributed by atoms with Gasteiger partial charge in [0.05, 0.1) is 0 Å². The van der Waals surface area contributed by atoms with Crippen molar-refractivity contribution in [2.75, 3.05) is 19.6 Å². The number of hydrogen-bond acceptors (Lipinski definition) is 4. The Balaban J connectivity index is 3.26. The molecule has 1 N–H and O–H groups in total. The zero-order valence-electron chi connectivity index (χ0n) is 13.8. The highest BCUT2D eigenvalue weighted by molar-refractivity contribution is 7.91. The number of nitrogens with one attached hydrogen (secondary N) is 1. The summed E-state index contributed by atoms with van der Waals surface area (Å²) in [6, 6.07) is 0. The molecule has 1 aliphatic heterocycles. The standard InChI is InChI=1S/C12H20F6N2O4S2/c1-2-3-7-19-25(21,22)11(15,16)10(13,14)12(17,18)26(23,24)20-8-5-4-6-9-20/h19H,2-9H2,1H3. The fraction of sp³-hybridized carbons (Fsp3) is 1.00. The second-order valence-electron chi connectivity index (χ2n) is 5.82. The van der Waals surface area contributed by atoms with Gasteiger partial charge in [-0.05, 0) is 19.3 Å². The molecule has 0 atom stereocenters. The molecule has 0 saturated carbocycles. The Bertz CT molecular complexity index is 691. The van der Waals surface area contributed by atoms with Crippen LogP contribution in [0.4, 0.5) is 26.3 Å². The van der Waals surface area contributed by atoms with Crippen LogP contribution in [0.15, 0.2) is 0 Å². The molecule has 0 amide bonds. The highest BCUT2D eigenvalue weighted by atomic mass is 32.2. The lowest BCUT2D eigenvalue weighted by atomic mass is 10.2. The monoisotopic (exact) mass is 434 g/mol. The molecule has 1 fully saturated rings. The number of rotatable bonds is 9. The topological polar surface area (TPSA) is 83.5 Å². The van der Waals surface area contributed by atoms with Gasteiger partial charge in [-0.15, -0.1) is 0 Å². The van der Waals surface area contributed by atoms with Crippen LogP contribution in [0.3, 0.4) is 0 Å². The van der Waals surface area contributed by atoms with E-state index in [4.69, 9.17) is 0 Å². The molecule has 0 aromatic rings. The molecule has 1 heterocycles. The molecule has 1 rings (SSSR count). The van der Waals surface area contributed by atoms with Crippen molar-refractivity contribution >= 4 is 20.0 Å². The van der Waals surface area contributed by atoms with Crippen LogP contribution in [-0.4, -0.2) is 57.2 Å². The Kier molecular flexibility index (Phi) is 7.03. The minimum absolute atomic E-state index is 0.0106. The molecule has 0 radical (unpaired) electrons. The highest BCUT2D eigenvalue weighted by Crippen LogP contribution is 2.51. The minimum atomic E-state index is -6.69. The van der Waals surface area contributed by atoms with Crippen molar-refractivity contribution in [2.24, 2.45) is 0 Å². The van der Waals surface area contributed by atoms with Gasteiger partial charge in [-0.3, -0.25) is 0 Å². The summed E-state index contributed by atoms with van der Waals surface area (Å²) in [4.78, 5) is 0. The Morgan fingerprint density at radius 1 is 0.885 bits per heavy atom. The van der Waals surface area contributed by atoms with Gasteiger partial charge in [-0.1, -0.05) is 19.8 Å². The first-order chi connectivity index (χ1) is 11.7. The summed E-state index contributed by atoms with van der Waals surface area (Å²) in [5.41, 5.74) is 0. The predicted octanol–water partition coefficient (Wildman–Crippen LogP) is 2.34. The molecule has 26 heavy (non-hydrogen) atoms.